The summed E-state index contributed by atoms with van der Waals surface area (Å²) in [6.45, 7) is -3.04. The molecule has 2 amide bonds. The van der Waals surface area contributed by atoms with E-state index < -0.39 is 33.8 Å². The number of methoxy groups -OCH3 is 1. The number of alkyl halides is 2. The number of hydrogen-bond acceptors (Lipinski definition) is 5. The van der Waals surface area contributed by atoms with Crippen LogP contribution in [0, 0.1) is 0 Å². The Morgan fingerprint density at radius 3 is 2.58 bits per heavy atom. The van der Waals surface area contributed by atoms with E-state index in [0.29, 0.717) is 12.8 Å². The number of urea groups is 1. The summed E-state index contributed by atoms with van der Waals surface area (Å²) in [6, 6.07) is 3.13. The fourth-order valence-electron chi connectivity index (χ4n) is 3.15. The number of benzene rings is 1. The number of halogens is 2. The predicted molar refractivity (Wildman–Crippen MR) is 92.7 cm³/mol. The fourth-order valence-corrected chi connectivity index (χ4v) is 4.64. The second-order valence-electron chi connectivity index (χ2n) is 6.15. The van der Waals surface area contributed by atoms with Crippen LogP contribution < -0.4 is 14.8 Å². The second kappa shape index (κ2) is 8.07. The average Bonchev–Trinajstić information content (AvgIpc) is 3.03. The van der Waals surface area contributed by atoms with Crippen LogP contribution in [-0.2, 0) is 9.84 Å². The van der Waals surface area contributed by atoms with Gasteiger partial charge in [-0.2, -0.15) is 8.78 Å². The van der Waals surface area contributed by atoms with Gasteiger partial charge in [-0.15, -0.1) is 0 Å². The minimum atomic E-state index is -3.27. The third kappa shape index (κ3) is 4.75. The molecule has 0 bridgehead atoms. The van der Waals surface area contributed by atoms with Crippen LogP contribution in [0.25, 0.3) is 0 Å². The Morgan fingerprint density at radius 2 is 2.00 bits per heavy atom. The van der Waals surface area contributed by atoms with Crippen molar-refractivity contribution in [1.82, 2.24) is 4.90 Å². The summed E-state index contributed by atoms with van der Waals surface area (Å²) in [5, 5.41) is 1.96. The van der Waals surface area contributed by atoms with Crippen LogP contribution in [0.5, 0.6) is 11.5 Å². The van der Waals surface area contributed by atoms with Gasteiger partial charge in [-0.1, -0.05) is 0 Å². The van der Waals surface area contributed by atoms with Gasteiger partial charge in [0.25, 0.3) is 0 Å². The number of sulfone groups is 1. The van der Waals surface area contributed by atoms with Crippen molar-refractivity contribution in [2.45, 2.75) is 37.2 Å². The lowest BCUT2D eigenvalue weighted by Crippen LogP contribution is -2.46. The Morgan fingerprint density at radius 1 is 1.31 bits per heavy atom. The van der Waals surface area contributed by atoms with Crippen molar-refractivity contribution >= 4 is 21.6 Å². The molecular weight excluding hydrogens is 370 g/mol. The smallest absolute Gasteiger partial charge is 0.387 e. The van der Waals surface area contributed by atoms with E-state index in [1.165, 1.54) is 43.5 Å². The Labute approximate surface area is 151 Å². The van der Waals surface area contributed by atoms with Crippen LogP contribution in [0.15, 0.2) is 18.2 Å². The van der Waals surface area contributed by atoms with E-state index in [4.69, 9.17) is 4.74 Å². The van der Waals surface area contributed by atoms with Gasteiger partial charge in [0.15, 0.2) is 21.3 Å². The van der Waals surface area contributed by atoms with E-state index >= 15 is 0 Å². The molecule has 1 aliphatic carbocycles. The van der Waals surface area contributed by atoms with Crippen LogP contribution in [0.2, 0.25) is 0 Å². The highest BCUT2D eigenvalue weighted by molar-refractivity contribution is 7.91. The van der Waals surface area contributed by atoms with Crippen molar-refractivity contribution in [3.63, 3.8) is 0 Å². The average molecular weight is 392 g/mol. The van der Waals surface area contributed by atoms with Crippen LogP contribution >= 0.6 is 0 Å². The number of amides is 2. The van der Waals surface area contributed by atoms with Gasteiger partial charge < -0.3 is 19.7 Å². The summed E-state index contributed by atoms with van der Waals surface area (Å²) in [7, 11) is -0.446. The van der Waals surface area contributed by atoms with Crippen LogP contribution in [0.1, 0.15) is 19.3 Å². The van der Waals surface area contributed by atoms with E-state index in [9.17, 15) is 22.0 Å². The Bertz CT molecular complexity index is 757. The van der Waals surface area contributed by atoms with Crippen molar-refractivity contribution in [2.24, 2.45) is 0 Å². The normalized spacial score (nSPS) is 20.1. The maximum absolute atomic E-state index is 12.5. The highest BCUT2D eigenvalue weighted by Crippen LogP contribution is 2.32. The van der Waals surface area contributed by atoms with Crippen molar-refractivity contribution in [1.29, 1.82) is 0 Å². The minimum absolute atomic E-state index is 0.101. The van der Waals surface area contributed by atoms with Crippen molar-refractivity contribution in [3.8, 4) is 11.5 Å². The molecule has 0 aromatic heterocycles. The molecule has 7 nitrogen and oxygen atoms in total. The number of nitrogens with zero attached hydrogens (tertiary/aromatic N) is 1. The van der Waals surface area contributed by atoms with Crippen LogP contribution in [0.4, 0.5) is 19.3 Å². The number of ether oxygens (including phenoxy) is 2. The topological polar surface area (TPSA) is 84.9 Å². The molecule has 0 saturated heterocycles. The first-order valence-corrected chi connectivity index (χ1v) is 9.94. The Balaban J connectivity index is 2.14. The fraction of sp³-hybridized carbons (Fsp3) is 0.562. The molecule has 1 aliphatic rings. The molecule has 2 rings (SSSR count). The summed E-state index contributed by atoms with van der Waals surface area (Å²) in [6.07, 6.45) is 2.98. The van der Waals surface area contributed by atoms with E-state index in [1.54, 1.807) is 0 Å². The largest absolute Gasteiger partial charge is 0.493 e. The zero-order valence-corrected chi connectivity index (χ0v) is 15.6. The molecule has 1 fully saturated rings. The monoisotopic (exact) mass is 392 g/mol. The van der Waals surface area contributed by atoms with E-state index in [1.807, 2.05) is 0 Å². The standard InChI is InChI=1S/C16H22F2N2O5S/c1-20(11-5-4-6-14(11)26(3,22)23)16(21)19-10-7-8-12(24-2)13(9-10)25-15(17)18/h7-9,11,14-15H,4-6H2,1-3H3,(H,19,21). The van der Waals surface area contributed by atoms with Crippen molar-refractivity contribution in [2.75, 3.05) is 25.7 Å². The summed E-state index contributed by atoms with van der Waals surface area (Å²) >= 11 is 0. The number of carbonyl (C=O) groups is 1. The molecular formula is C16H22F2N2O5S. The van der Waals surface area contributed by atoms with Crippen LogP contribution in [-0.4, -0.2) is 57.7 Å². The maximum Gasteiger partial charge on any atom is 0.387 e. The van der Waals surface area contributed by atoms with Crippen LogP contribution in [0.3, 0.4) is 0 Å². The van der Waals surface area contributed by atoms with Crippen molar-refractivity contribution < 1.29 is 31.5 Å². The zero-order chi connectivity index (χ0) is 19.5. The summed E-state index contributed by atoms with van der Waals surface area (Å²) < 4.78 is 58.1. The van der Waals surface area contributed by atoms with Gasteiger partial charge in [0.1, 0.15) is 0 Å². The SMILES string of the molecule is COc1ccc(NC(=O)N(C)C2CCCC2S(C)(=O)=O)cc1OC(F)F. The highest BCUT2D eigenvalue weighted by atomic mass is 32.2. The van der Waals surface area contributed by atoms with E-state index in [2.05, 4.69) is 10.1 Å². The number of hydrogen-bond donors (Lipinski definition) is 1. The number of anilines is 1. The molecule has 1 aromatic carbocycles. The van der Waals surface area contributed by atoms with Gasteiger partial charge in [-0.25, -0.2) is 13.2 Å². The first kappa shape index (κ1) is 20.2. The first-order valence-electron chi connectivity index (χ1n) is 7.99. The quantitative estimate of drug-likeness (QED) is 0.805. The summed E-state index contributed by atoms with van der Waals surface area (Å²) in [4.78, 5) is 13.8. The molecule has 0 spiro atoms. The van der Waals surface area contributed by atoms with E-state index in [0.717, 1.165) is 6.42 Å². The highest BCUT2D eigenvalue weighted by Gasteiger charge is 2.38. The van der Waals surface area contributed by atoms with E-state index in [-0.39, 0.29) is 17.2 Å². The molecule has 146 valence electrons. The minimum Gasteiger partial charge on any atom is -0.493 e. The first-order chi connectivity index (χ1) is 12.1. The second-order valence-corrected chi connectivity index (χ2v) is 8.42. The lowest BCUT2D eigenvalue weighted by atomic mass is 10.2. The number of carbonyl (C=O) groups excluding carboxylic acids is 1. The molecule has 10 heteroatoms. The molecule has 1 saturated carbocycles. The van der Waals surface area contributed by atoms with Gasteiger partial charge in [-0.3, -0.25) is 0 Å². The lowest BCUT2D eigenvalue weighted by Gasteiger charge is -2.29. The Hall–Kier alpha value is -2.10. The molecule has 2 atom stereocenters. The summed E-state index contributed by atoms with van der Waals surface area (Å²) in [5.74, 6) is -0.109. The maximum atomic E-state index is 12.5. The van der Waals surface area contributed by atoms with Gasteiger partial charge in [0.05, 0.1) is 12.4 Å². The molecule has 2 unspecified atom stereocenters. The number of rotatable bonds is 6. The zero-order valence-electron chi connectivity index (χ0n) is 14.7. The Kier molecular flexibility index (Phi) is 6.27. The molecule has 0 aliphatic heterocycles. The number of nitrogens with one attached hydrogen (secondary N) is 1. The van der Waals surface area contributed by atoms with Gasteiger partial charge in [0, 0.05) is 31.1 Å². The molecule has 1 aromatic rings. The van der Waals surface area contributed by atoms with Crippen molar-refractivity contribution in [3.05, 3.63) is 18.2 Å². The molecule has 0 heterocycles. The van der Waals surface area contributed by atoms with Gasteiger partial charge in [0.2, 0.25) is 0 Å². The third-order valence-electron chi connectivity index (χ3n) is 4.42. The molecule has 0 radical (unpaired) electrons. The summed E-state index contributed by atoms with van der Waals surface area (Å²) in [5.41, 5.74) is 0.229. The molecule has 1 N–H and O–H groups in total. The molecule has 26 heavy (non-hydrogen) atoms. The predicted octanol–water partition coefficient (Wildman–Crippen LogP) is 2.73. The third-order valence-corrected chi connectivity index (χ3v) is 6.07. The lowest BCUT2D eigenvalue weighted by molar-refractivity contribution is -0.0511. The van der Waals surface area contributed by atoms with Gasteiger partial charge >= 0.3 is 12.6 Å². The van der Waals surface area contributed by atoms with Gasteiger partial charge in [-0.05, 0) is 31.4 Å².